The molecule has 4 aromatic rings. The number of rotatable bonds is 8. The van der Waals surface area contributed by atoms with Gasteiger partial charge in [-0.05, 0) is 66.1 Å². The van der Waals surface area contributed by atoms with E-state index in [9.17, 15) is 17.6 Å². The molecular weight excluding hydrogens is 452 g/mol. The predicted molar refractivity (Wildman–Crippen MR) is 132 cm³/mol. The van der Waals surface area contributed by atoms with Crippen molar-refractivity contribution in [1.29, 1.82) is 0 Å². The van der Waals surface area contributed by atoms with Gasteiger partial charge < -0.3 is 4.74 Å². The zero-order valence-corrected chi connectivity index (χ0v) is 19.7. The van der Waals surface area contributed by atoms with Gasteiger partial charge in [0, 0.05) is 11.1 Å². The van der Waals surface area contributed by atoms with Gasteiger partial charge in [0.15, 0.2) is 23.2 Å². The number of ether oxygens (including phenoxy) is 1. The molecule has 4 aromatic carbocycles. The smallest absolute Gasteiger partial charge is 0.201 e. The normalized spacial score (nSPS) is 11.0. The van der Waals surface area contributed by atoms with Gasteiger partial charge >= 0.3 is 0 Å². The molecule has 0 N–H and O–H groups in total. The van der Waals surface area contributed by atoms with Gasteiger partial charge in [0.1, 0.15) is 0 Å². The first kappa shape index (κ1) is 24.5. The molecule has 4 rings (SSSR count). The Labute approximate surface area is 203 Å². The first-order valence-electron chi connectivity index (χ1n) is 11.7. The molecule has 0 atom stereocenters. The molecule has 0 aliphatic carbocycles. The highest BCUT2D eigenvalue weighted by molar-refractivity contribution is 5.66. The van der Waals surface area contributed by atoms with Crippen LogP contribution in [0.1, 0.15) is 30.5 Å². The lowest BCUT2D eigenvalue weighted by Crippen LogP contribution is -2.00. The average molecular weight is 479 g/mol. The Morgan fingerprint density at radius 1 is 0.543 bits per heavy atom. The molecule has 0 saturated heterocycles. The molecule has 35 heavy (non-hydrogen) atoms. The van der Waals surface area contributed by atoms with Crippen molar-refractivity contribution in [2.45, 2.75) is 33.1 Å². The standard InChI is InChI=1S/C30H26F4O/c1-3-19-5-10-21(11-6-19)24-16-15-23(27(31)28(24)32)14-9-20-7-12-22(13-8-20)25-17-18-26(35-4-2)30(34)29(25)33/h5-8,10-13,15-18H,3-4,9,14H2,1-2H3. The zero-order valence-electron chi connectivity index (χ0n) is 19.7. The molecule has 0 unspecified atom stereocenters. The van der Waals surface area contributed by atoms with E-state index in [4.69, 9.17) is 4.74 Å². The minimum Gasteiger partial charge on any atom is -0.491 e. The number of benzene rings is 4. The van der Waals surface area contributed by atoms with Crippen molar-refractivity contribution in [2.24, 2.45) is 0 Å². The number of hydrogen-bond donors (Lipinski definition) is 0. The van der Waals surface area contributed by atoms with Crippen LogP contribution < -0.4 is 4.74 Å². The third-order valence-corrected chi connectivity index (χ3v) is 6.13. The fourth-order valence-electron chi connectivity index (χ4n) is 4.08. The van der Waals surface area contributed by atoms with Gasteiger partial charge in [-0.25, -0.2) is 13.2 Å². The highest BCUT2D eigenvalue weighted by Crippen LogP contribution is 2.31. The van der Waals surface area contributed by atoms with Gasteiger partial charge in [0.25, 0.3) is 0 Å². The van der Waals surface area contributed by atoms with Crippen molar-refractivity contribution in [3.8, 4) is 28.0 Å². The van der Waals surface area contributed by atoms with Crippen molar-refractivity contribution in [3.63, 3.8) is 0 Å². The van der Waals surface area contributed by atoms with Crippen molar-refractivity contribution in [1.82, 2.24) is 0 Å². The fourth-order valence-corrected chi connectivity index (χ4v) is 4.08. The second-order valence-electron chi connectivity index (χ2n) is 8.32. The number of halogens is 4. The van der Waals surface area contributed by atoms with E-state index in [1.807, 2.05) is 19.1 Å². The van der Waals surface area contributed by atoms with Crippen molar-refractivity contribution >= 4 is 0 Å². The van der Waals surface area contributed by atoms with Crippen LogP contribution in [0.15, 0.2) is 72.8 Å². The monoisotopic (exact) mass is 478 g/mol. The van der Waals surface area contributed by atoms with E-state index in [1.165, 1.54) is 12.1 Å². The van der Waals surface area contributed by atoms with E-state index < -0.39 is 23.3 Å². The van der Waals surface area contributed by atoms with Gasteiger partial charge in [0.05, 0.1) is 6.61 Å². The highest BCUT2D eigenvalue weighted by atomic mass is 19.2. The van der Waals surface area contributed by atoms with Crippen LogP contribution in [0.4, 0.5) is 17.6 Å². The van der Waals surface area contributed by atoms with E-state index in [2.05, 4.69) is 0 Å². The van der Waals surface area contributed by atoms with Crippen LogP contribution >= 0.6 is 0 Å². The molecule has 1 nitrogen and oxygen atoms in total. The summed E-state index contributed by atoms with van der Waals surface area (Å²) in [5, 5.41) is 0. The van der Waals surface area contributed by atoms with Gasteiger partial charge in [-0.1, -0.05) is 67.6 Å². The third-order valence-electron chi connectivity index (χ3n) is 6.13. The molecule has 0 bridgehead atoms. The van der Waals surface area contributed by atoms with E-state index in [0.29, 0.717) is 29.5 Å². The summed E-state index contributed by atoms with van der Waals surface area (Å²) in [6.45, 7) is 3.98. The minimum atomic E-state index is -1.02. The van der Waals surface area contributed by atoms with Crippen LogP contribution in [0.25, 0.3) is 22.3 Å². The summed E-state index contributed by atoms with van der Waals surface area (Å²) in [6, 6.07) is 20.5. The molecular formula is C30H26F4O. The highest BCUT2D eigenvalue weighted by Gasteiger charge is 2.17. The topological polar surface area (TPSA) is 9.23 Å². The molecule has 0 spiro atoms. The van der Waals surface area contributed by atoms with Crippen LogP contribution in [0.5, 0.6) is 5.75 Å². The first-order chi connectivity index (χ1) is 16.9. The lowest BCUT2D eigenvalue weighted by atomic mass is 9.97. The summed E-state index contributed by atoms with van der Waals surface area (Å²) in [7, 11) is 0. The summed E-state index contributed by atoms with van der Waals surface area (Å²) in [6.07, 6.45) is 1.66. The molecule has 180 valence electrons. The molecule has 0 radical (unpaired) electrons. The van der Waals surface area contributed by atoms with Crippen LogP contribution in [0.2, 0.25) is 0 Å². The van der Waals surface area contributed by atoms with Crippen LogP contribution in [-0.4, -0.2) is 6.61 Å². The minimum absolute atomic E-state index is 0.122. The van der Waals surface area contributed by atoms with E-state index in [1.54, 1.807) is 55.5 Å². The summed E-state index contributed by atoms with van der Waals surface area (Å²) >= 11 is 0. The Kier molecular flexibility index (Phi) is 7.54. The Hall–Kier alpha value is -3.60. The number of aryl methyl sites for hydroxylation is 3. The summed E-state index contributed by atoms with van der Waals surface area (Å²) in [5.41, 5.74) is 3.83. The maximum Gasteiger partial charge on any atom is 0.201 e. The first-order valence-corrected chi connectivity index (χ1v) is 11.7. The van der Waals surface area contributed by atoms with Gasteiger partial charge in [-0.3, -0.25) is 0 Å². The molecule has 0 saturated carbocycles. The van der Waals surface area contributed by atoms with Crippen molar-refractivity contribution in [3.05, 3.63) is 113 Å². The second-order valence-corrected chi connectivity index (χ2v) is 8.32. The summed E-state index contributed by atoms with van der Waals surface area (Å²) in [4.78, 5) is 0. The average Bonchev–Trinajstić information content (AvgIpc) is 2.88. The molecule has 0 aromatic heterocycles. The van der Waals surface area contributed by atoms with Crippen LogP contribution in [0.3, 0.4) is 0 Å². The quantitative estimate of drug-likeness (QED) is 0.231. The van der Waals surface area contributed by atoms with Crippen molar-refractivity contribution < 1.29 is 22.3 Å². The van der Waals surface area contributed by atoms with Gasteiger partial charge in [0.2, 0.25) is 5.82 Å². The Morgan fingerprint density at radius 3 is 1.66 bits per heavy atom. The fraction of sp³-hybridized carbons (Fsp3) is 0.200. The zero-order chi connectivity index (χ0) is 24.9. The molecule has 0 fully saturated rings. The second kappa shape index (κ2) is 10.8. The maximum absolute atomic E-state index is 14.8. The SMILES string of the molecule is CCOc1ccc(-c2ccc(CCc3ccc(-c4ccc(CC)cc4)c(F)c3F)cc2)c(F)c1F. The molecule has 0 heterocycles. The molecule has 0 aliphatic rings. The Balaban J connectivity index is 1.47. The Bertz CT molecular complexity index is 1310. The van der Waals surface area contributed by atoms with Crippen LogP contribution in [-0.2, 0) is 19.3 Å². The van der Waals surface area contributed by atoms with Gasteiger partial charge in [-0.15, -0.1) is 0 Å². The summed E-state index contributed by atoms with van der Waals surface area (Å²) in [5.74, 6) is -3.80. The van der Waals surface area contributed by atoms with Crippen LogP contribution in [0, 0.1) is 23.3 Å². The maximum atomic E-state index is 14.8. The molecule has 0 amide bonds. The van der Waals surface area contributed by atoms with E-state index >= 15 is 0 Å². The van der Waals surface area contributed by atoms with Crippen molar-refractivity contribution in [2.75, 3.05) is 6.61 Å². The van der Waals surface area contributed by atoms with Gasteiger partial charge in [-0.2, -0.15) is 4.39 Å². The van der Waals surface area contributed by atoms with E-state index in [-0.39, 0.29) is 23.5 Å². The Morgan fingerprint density at radius 2 is 1.09 bits per heavy atom. The molecule has 0 aliphatic heterocycles. The van der Waals surface area contributed by atoms with E-state index in [0.717, 1.165) is 17.5 Å². The molecule has 5 heteroatoms. The largest absolute Gasteiger partial charge is 0.491 e. The predicted octanol–water partition coefficient (Wildman–Crippen LogP) is 8.32. The summed E-state index contributed by atoms with van der Waals surface area (Å²) < 4.78 is 63.4. The third kappa shape index (κ3) is 5.24. The number of hydrogen-bond acceptors (Lipinski definition) is 1. The lowest BCUT2D eigenvalue weighted by molar-refractivity contribution is 0.314. The lowest BCUT2D eigenvalue weighted by Gasteiger charge is -2.11.